The summed E-state index contributed by atoms with van der Waals surface area (Å²) in [6.07, 6.45) is 1.59. The molecule has 0 fully saturated rings. The van der Waals surface area contributed by atoms with Gasteiger partial charge in [-0.3, -0.25) is 4.79 Å². The van der Waals surface area contributed by atoms with E-state index in [1.54, 1.807) is 4.57 Å². The summed E-state index contributed by atoms with van der Waals surface area (Å²) in [5.41, 5.74) is 5.23. The van der Waals surface area contributed by atoms with Crippen molar-refractivity contribution in [2.24, 2.45) is 0 Å². The molecular formula is C16H17NO2. The Labute approximate surface area is 112 Å². The van der Waals surface area contributed by atoms with Crippen molar-refractivity contribution < 1.29 is 5.11 Å². The first-order chi connectivity index (χ1) is 9.11. The van der Waals surface area contributed by atoms with Gasteiger partial charge in [-0.2, -0.15) is 0 Å². The third-order valence-corrected chi connectivity index (χ3v) is 3.87. The maximum atomic E-state index is 12.0. The molecule has 2 heterocycles. The molecule has 0 radical (unpaired) electrons. The van der Waals surface area contributed by atoms with E-state index in [2.05, 4.69) is 25.1 Å². The molecule has 0 atom stereocenters. The fourth-order valence-electron chi connectivity index (χ4n) is 2.95. The fraction of sp³-hybridized carbons (Fsp3) is 0.312. The van der Waals surface area contributed by atoms with E-state index >= 15 is 0 Å². The van der Waals surface area contributed by atoms with Gasteiger partial charge in [-0.1, -0.05) is 30.7 Å². The van der Waals surface area contributed by atoms with Crippen LogP contribution in [-0.2, 0) is 19.4 Å². The zero-order valence-electron chi connectivity index (χ0n) is 11.2. The summed E-state index contributed by atoms with van der Waals surface area (Å²) in [5, 5.41) is 10.0. The zero-order valence-corrected chi connectivity index (χ0v) is 11.2. The third kappa shape index (κ3) is 1.77. The first kappa shape index (κ1) is 12.0. The summed E-state index contributed by atoms with van der Waals surface area (Å²) < 4.78 is 1.79. The monoisotopic (exact) mass is 255 g/mol. The Bertz CT molecular complexity index is 713. The van der Waals surface area contributed by atoms with E-state index < -0.39 is 0 Å². The van der Waals surface area contributed by atoms with Crippen molar-refractivity contribution in [3.63, 3.8) is 0 Å². The summed E-state index contributed by atoms with van der Waals surface area (Å²) >= 11 is 0. The van der Waals surface area contributed by atoms with Crippen LogP contribution >= 0.6 is 0 Å². The highest BCUT2D eigenvalue weighted by molar-refractivity contribution is 5.71. The van der Waals surface area contributed by atoms with Crippen LogP contribution < -0.4 is 5.56 Å². The van der Waals surface area contributed by atoms with Gasteiger partial charge in [0.25, 0.3) is 5.56 Å². The van der Waals surface area contributed by atoms with Gasteiger partial charge in [-0.05, 0) is 25.3 Å². The average Bonchev–Trinajstić information content (AvgIpc) is 2.38. The number of aryl methyl sites for hydroxylation is 2. The molecule has 0 unspecified atom stereocenters. The third-order valence-electron chi connectivity index (χ3n) is 3.87. The minimum Gasteiger partial charge on any atom is -0.507 e. The first-order valence-corrected chi connectivity index (χ1v) is 6.67. The molecule has 1 aromatic carbocycles. The van der Waals surface area contributed by atoms with Crippen LogP contribution in [0.15, 0.2) is 29.1 Å². The Hall–Kier alpha value is -2.03. The predicted molar refractivity (Wildman–Crippen MR) is 75.6 cm³/mol. The number of rotatable bonds is 1. The van der Waals surface area contributed by atoms with Gasteiger partial charge in [0.1, 0.15) is 5.75 Å². The van der Waals surface area contributed by atoms with Crippen LogP contribution in [0.4, 0.5) is 0 Å². The molecule has 2 aromatic rings. The van der Waals surface area contributed by atoms with Crippen LogP contribution in [0, 0.1) is 6.92 Å². The van der Waals surface area contributed by atoms with Crippen LogP contribution in [0.2, 0.25) is 0 Å². The predicted octanol–water partition coefficient (Wildman–Crippen LogP) is 2.65. The molecule has 0 saturated heterocycles. The molecule has 0 bridgehead atoms. The summed E-state index contributed by atoms with van der Waals surface area (Å²) in [5.74, 6) is 0.118. The van der Waals surface area contributed by atoms with Gasteiger partial charge < -0.3 is 9.67 Å². The number of benzene rings is 1. The van der Waals surface area contributed by atoms with Crippen LogP contribution in [0.1, 0.15) is 23.6 Å². The maximum absolute atomic E-state index is 12.0. The SMILES string of the molecule is CCc1c(O)cc(=O)n2c1-c1ccc(C)cc1CC2. The zero-order chi connectivity index (χ0) is 13.6. The molecule has 3 rings (SSSR count). The molecule has 19 heavy (non-hydrogen) atoms. The summed E-state index contributed by atoms with van der Waals surface area (Å²) in [4.78, 5) is 12.0. The Morgan fingerprint density at radius 3 is 2.84 bits per heavy atom. The van der Waals surface area contributed by atoms with E-state index in [0.717, 1.165) is 29.7 Å². The number of hydrogen-bond donors (Lipinski definition) is 1. The number of aromatic hydroxyl groups is 1. The van der Waals surface area contributed by atoms with Crippen molar-refractivity contribution in [3.8, 4) is 17.0 Å². The van der Waals surface area contributed by atoms with Crippen molar-refractivity contribution >= 4 is 0 Å². The van der Waals surface area contributed by atoms with E-state index in [-0.39, 0.29) is 11.3 Å². The number of aromatic nitrogens is 1. The molecule has 1 aliphatic rings. The van der Waals surface area contributed by atoms with E-state index in [0.29, 0.717) is 6.54 Å². The first-order valence-electron chi connectivity index (χ1n) is 6.67. The van der Waals surface area contributed by atoms with Crippen molar-refractivity contribution in [3.05, 3.63) is 51.3 Å². The van der Waals surface area contributed by atoms with Gasteiger partial charge >= 0.3 is 0 Å². The Kier molecular flexibility index (Phi) is 2.70. The van der Waals surface area contributed by atoms with Gasteiger partial charge in [0.2, 0.25) is 0 Å². The van der Waals surface area contributed by atoms with Crippen molar-refractivity contribution in [2.45, 2.75) is 33.2 Å². The minimum absolute atomic E-state index is 0.115. The van der Waals surface area contributed by atoms with E-state index in [1.807, 2.05) is 6.92 Å². The second kappa shape index (κ2) is 4.26. The molecule has 0 spiro atoms. The molecule has 0 aliphatic carbocycles. The van der Waals surface area contributed by atoms with Crippen LogP contribution in [0.3, 0.4) is 0 Å². The van der Waals surface area contributed by atoms with Crippen molar-refractivity contribution in [1.29, 1.82) is 0 Å². The van der Waals surface area contributed by atoms with Crippen molar-refractivity contribution in [2.75, 3.05) is 0 Å². The van der Waals surface area contributed by atoms with E-state index in [9.17, 15) is 9.90 Å². The number of hydrogen-bond acceptors (Lipinski definition) is 2. The Balaban J connectivity index is 2.39. The lowest BCUT2D eigenvalue weighted by atomic mass is 9.92. The lowest BCUT2D eigenvalue weighted by Crippen LogP contribution is -2.26. The van der Waals surface area contributed by atoms with Gasteiger partial charge in [0.15, 0.2) is 0 Å². The Morgan fingerprint density at radius 2 is 2.11 bits per heavy atom. The van der Waals surface area contributed by atoms with Gasteiger partial charge in [-0.15, -0.1) is 0 Å². The highest BCUT2D eigenvalue weighted by Gasteiger charge is 2.21. The quantitative estimate of drug-likeness (QED) is 0.851. The molecule has 1 N–H and O–H groups in total. The second-order valence-corrected chi connectivity index (χ2v) is 5.11. The molecule has 0 saturated carbocycles. The molecule has 1 aromatic heterocycles. The van der Waals surface area contributed by atoms with Gasteiger partial charge in [-0.25, -0.2) is 0 Å². The van der Waals surface area contributed by atoms with E-state index in [4.69, 9.17) is 0 Å². The lowest BCUT2D eigenvalue weighted by molar-refractivity contribution is 0.463. The average molecular weight is 255 g/mol. The fourth-order valence-corrected chi connectivity index (χ4v) is 2.95. The molecule has 0 amide bonds. The van der Waals surface area contributed by atoms with E-state index in [1.165, 1.54) is 17.2 Å². The lowest BCUT2D eigenvalue weighted by Gasteiger charge is -2.25. The molecule has 3 nitrogen and oxygen atoms in total. The van der Waals surface area contributed by atoms with Crippen LogP contribution in [0.5, 0.6) is 5.75 Å². The molecular weight excluding hydrogens is 238 g/mol. The summed E-state index contributed by atoms with van der Waals surface area (Å²) in [6, 6.07) is 7.63. The maximum Gasteiger partial charge on any atom is 0.254 e. The number of fused-ring (bicyclic) bond motifs is 3. The number of pyridine rings is 1. The smallest absolute Gasteiger partial charge is 0.254 e. The van der Waals surface area contributed by atoms with Crippen molar-refractivity contribution in [1.82, 2.24) is 4.57 Å². The molecule has 98 valence electrons. The Morgan fingerprint density at radius 1 is 1.32 bits per heavy atom. The standard InChI is InChI=1S/C16H17NO2/c1-3-12-14(18)9-15(19)17-7-6-11-8-10(2)4-5-13(11)16(12)17/h4-5,8-9,18H,3,6-7H2,1-2H3. The summed E-state index contributed by atoms with van der Waals surface area (Å²) in [7, 11) is 0. The summed E-state index contributed by atoms with van der Waals surface area (Å²) in [6.45, 7) is 4.77. The topological polar surface area (TPSA) is 42.2 Å². The minimum atomic E-state index is -0.115. The second-order valence-electron chi connectivity index (χ2n) is 5.11. The normalized spacial score (nSPS) is 12.9. The van der Waals surface area contributed by atoms with Gasteiger partial charge in [0, 0.05) is 23.7 Å². The van der Waals surface area contributed by atoms with Gasteiger partial charge in [0.05, 0.1) is 5.69 Å². The van der Waals surface area contributed by atoms with Crippen LogP contribution in [0.25, 0.3) is 11.3 Å². The van der Waals surface area contributed by atoms with Crippen LogP contribution in [-0.4, -0.2) is 9.67 Å². The highest BCUT2D eigenvalue weighted by Crippen LogP contribution is 2.35. The molecule has 3 heteroatoms. The largest absolute Gasteiger partial charge is 0.507 e. The highest BCUT2D eigenvalue weighted by atomic mass is 16.3. The molecule has 1 aliphatic heterocycles. The number of nitrogens with zero attached hydrogens (tertiary/aromatic N) is 1.